The molecule has 1 fully saturated rings. The minimum Gasteiger partial charge on any atom is -0.504 e. The standard InChI is InChI=1S/C23H22F2N2O3/c24-16-8-9-18(20(25)11-16)19(15-5-2-1-3-6-15)12-17-7-4-10-27(17)23(30)13-21(28)22(29)14-26/h1-3,5-6,8-9,11,13-14,17,19,26,28H,4,7,10,12H2/b21-13-,26-14?/t17-,19-/m1/s1. The van der Waals surface area contributed by atoms with Crippen molar-refractivity contribution in [3.63, 3.8) is 0 Å². The number of hydrogen-bond acceptors (Lipinski definition) is 4. The molecule has 3 rings (SSSR count). The van der Waals surface area contributed by atoms with E-state index in [0.29, 0.717) is 31.2 Å². The molecule has 5 nitrogen and oxygen atoms in total. The third-order valence-electron chi connectivity index (χ3n) is 5.35. The number of aliphatic hydroxyl groups is 1. The normalized spacial score (nSPS) is 17.6. The number of carbonyl (C=O) groups is 2. The number of hydrogen-bond donors (Lipinski definition) is 2. The van der Waals surface area contributed by atoms with Crippen molar-refractivity contribution in [1.82, 2.24) is 4.90 Å². The zero-order valence-corrected chi connectivity index (χ0v) is 16.2. The van der Waals surface area contributed by atoms with Gasteiger partial charge in [-0.25, -0.2) is 8.78 Å². The van der Waals surface area contributed by atoms with E-state index in [1.807, 2.05) is 30.3 Å². The summed E-state index contributed by atoms with van der Waals surface area (Å²) in [5.41, 5.74) is 1.19. The number of aliphatic hydroxyl groups excluding tert-OH is 1. The first-order valence-electron chi connectivity index (χ1n) is 9.66. The minimum atomic E-state index is -0.949. The molecule has 1 heterocycles. The molecular weight excluding hydrogens is 390 g/mol. The number of benzene rings is 2. The Labute approximate surface area is 173 Å². The number of Topliss-reactive ketones (excluding diaryl/α,β-unsaturated/α-hetero) is 1. The van der Waals surface area contributed by atoms with Gasteiger partial charge in [0.25, 0.3) is 5.91 Å². The van der Waals surface area contributed by atoms with Crippen molar-refractivity contribution in [3.8, 4) is 0 Å². The number of halogens is 2. The Hall–Kier alpha value is -3.35. The van der Waals surface area contributed by atoms with Crippen LogP contribution in [0.15, 0.2) is 60.4 Å². The number of amides is 1. The maximum absolute atomic E-state index is 14.6. The van der Waals surface area contributed by atoms with E-state index in [2.05, 4.69) is 0 Å². The Morgan fingerprint density at radius 3 is 2.60 bits per heavy atom. The van der Waals surface area contributed by atoms with Gasteiger partial charge in [0.15, 0.2) is 5.76 Å². The number of rotatable bonds is 7. The van der Waals surface area contributed by atoms with Crippen molar-refractivity contribution in [3.05, 3.63) is 83.1 Å². The number of ketones is 1. The quantitative estimate of drug-likeness (QED) is 0.407. The number of nitrogens with one attached hydrogen (secondary N) is 1. The molecule has 2 aromatic carbocycles. The second kappa shape index (κ2) is 9.43. The fraction of sp³-hybridized carbons (Fsp3) is 0.261. The lowest BCUT2D eigenvalue weighted by Gasteiger charge is -2.28. The summed E-state index contributed by atoms with van der Waals surface area (Å²) in [6, 6.07) is 12.5. The molecule has 0 aromatic heterocycles. The van der Waals surface area contributed by atoms with Crippen LogP contribution in [0.1, 0.15) is 36.3 Å². The van der Waals surface area contributed by atoms with Crippen molar-refractivity contribution < 1.29 is 23.5 Å². The van der Waals surface area contributed by atoms with Crippen LogP contribution in [-0.4, -0.2) is 40.5 Å². The zero-order chi connectivity index (χ0) is 21.7. The maximum atomic E-state index is 14.6. The SMILES string of the molecule is N=CC(=O)/C(O)=C/C(=O)N1CCC[C@@H]1C[C@H](c1ccccc1)c1ccc(F)cc1F. The minimum absolute atomic E-state index is 0.244. The van der Waals surface area contributed by atoms with Gasteiger partial charge in [0.1, 0.15) is 11.6 Å². The fourth-order valence-corrected chi connectivity index (χ4v) is 3.90. The lowest BCUT2D eigenvalue weighted by atomic mass is 9.85. The lowest BCUT2D eigenvalue weighted by Crippen LogP contribution is -2.36. The van der Waals surface area contributed by atoms with E-state index in [9.17, 15) is 23.5 Å². The molecule has 2 aromatic rings. The Morgan fingerprint density at radius 1 is 1.20 bits per heavy atom. The molecule has 1 amide bonds. The first-order chi connectivity index (χ1) is 14.4. The largest absolute Gasteiger partial charge is 0.504 e. The molecule has 1 aliphatic rings. The van der Waals surface area contributed by atoms with Gasteiger partial charge < -0.3 is 15.4 Å². The van der Waals surface area contributed by atoms with Crippen molar-refractivity contribution in [2.75, 3.05) is 6.54 Å². The summed E-state index contributed by atoms with van der Waals surface area (Å²) in [7, 11) is 0. The topological polar surface area (TPSA) is 81.5 Å². The van der Waals surface area contributed by atoms with Crippen molar-refractivity contribution in [2.45, 2.75) is 31.2 Å². The lowest BCUT2D eigenvalue weighted by molar-refractivity contribution is -0.127. The summed E-state index contributed by atoms with van der Waals surface area (Å²) in [6.45, 7) is 0.444. The Kier molecular flexibility index (Phi) is 6.72. The molecule has 2 atom stereocenters. The summed E-state index contributed by atoms with van der Waals surface area (Å²) in [6.07, 6.45) is 3.08. The van der Waals surface area contributed by atoms with Crippen LogP contribution in [0.5, 0.6) is 0 Å². The Morgan fingerprint density at radius 2 is 1.93 bits per heavy atom. The fourth-order valence-electron chi connectivity index (χ4n) is 3.90. The van der Waals surface area contributed by atoms with Gasteiger partial charge in [0.05, 0.1) is 6.21 Å². The zero-order valence-electron chi connectivity index (χ0n) is 16.2. The summed E-state index contributed by atoms with van der Waals surface area (Å²) in [5.74, 6) is -3.96. The molecule has 0 radical (unpaired) electrons. The number of nitrogens with zero attached hydrogens (tertiary/aromatic N) is 1. The van der Waals surface area contributed by atoms with Gasteiger partial charge in [-0.2, -0.15) is 0 Å². The number of allylic oxidation sites excluding steroid dienone is 1. The predicted octanol–water partition coefficient (Wildman–Crippen LogP) is 4.14. The van der Waals surface area contributed by atoms with E-state index in [1.54, 1.807) is 4.90 Å². The van der Waals surface area contributed by atoms with Crippen LogP contribution in [0.25, 0.3) is 0 Å². The van der Waals surface area contributed by atoms with Gasteiger partial charge >= 0.3 is 0 Å². The van der Waals surface area contributed by atoms with Gasteiger partial charge in [-0.3, -0.25) is 9.59 Å². The molecule has 156 valence electrons. The maximum Gasteiger partial charge on any atom is 0.250 e. The van der Waals surface area contributed by atoms with Crippen LogP contribution >= 0.6 is 0 Å². The summed E-state index contributed by atoms with van der Waals surface area (Å²) in [4.78, 5) is 25.5. The Balaban J connectivity index is 1.89. The van der Waals surface area contributed by atoms with Gasteiger partial charge in [0, 0.05) is 30.6 Å². The van der Waals surface area contributed by atoms with E-state index < -0.39 is 35.0 Å². The highest BCUT2D eigenvalue weighted by Gasteiger charge is 2.32. The van der Waals surface area contributed by atoms with Gasteiger partial charge in [0.2, 0.25) is 5.78 Å². The van der Waals surface area contributed by atoms with Crippen molar-refractivity contribution in [2.24, 2.45) is 0 Å². The van der Waals surface area contributed by atoms with E-state index >= 15 is 0 Å². The highest BCUT2D eigenvalue weighted by Crippen LogP contribution is 2.35. The molecule has 7 heteroatoms. The molecule has 0 bridgehead atoms. The van der Waals surface area contributed by atoms with E-state index in [0.717, 1.165) is 24.1 Å². The Bertz CT molecular complexity index is 976. The highest BCUT2D eigenvalue weighted by molar-refractivity contribution is 6.33. The second-order valence-corrected chi connectivity index (χ2v) is 7.23. The molecule has 1 saturated heterocycles. The summed E-state index contributed by atoms with van der Waals surface area (Å²) >= 11 is 0. The van der Waals surface area contributed by atoms with Crippen LogP contribution in [-0.2, 0) is 9.59 Å². The summed E-state index contributed by atoms with van der Waals surface area (Å²) < 4.78 is 28.0. The monoisotopic (exact) mass is 412 g/mol. The molecule has 0 saturated carbocycles. The van der Waals surface area contributed by atoms with Gasteiger partial charge in [-0.15, -0.1) is 0 Å². The average Bonchev–Trinajstić information content (AvgIpc) is 3.21. The average molecular weight is 412 g/mol. The highest BCUT2D eigenvalue weighted by atomic mass is 19.1. The van der Waals surface area contributed by atoms with E-state index in [-0.39, 0.29) is 6.04 Å². The van der Waals surface area contributed by atoms with E-state index in [4.69, 9.17) is 5.41 Å². The number of likely N-dealkylation sites (tertiary alicyclic amines) is 1. The molecule has 0 unspecified atom stereocenters. The van der Waals surface area contributed by atoms with Gasteiger partial charge in [-0.05, 0) is 36.5 Å². The first kappa shape index (κ1) is 21.4. The van der Waals surface area contributed by atoms with E-state index in [1.165, 1.54) is 12.1 Å². The first-order valence-corrected chi connectivity index (χ1v) is 9.66. The van der Waals surface area contributed by atoms with Crippen LogP contribution < -0.4 is 0 Å². The number of carbonyl (C=O) groups excluding carboxylic acids is 2. The van der Waals surface area contributed by atoms with Crippen LogP contribution in [0, 0.1) is 17.0 Å². The van der Waals surface area contributed by atoms with Gasteiger partial charge in [-0.1, -0.05) is 36.4 Å². The molecule has 0 aliphatic carbocycles. The van der Waals surface area contributed by atoms with Crippen molar-refractivity contribution in [1.29, 1.82) is 5.41 Å². The smallest absolute Gasteiger partial charge is 0.250 e. The molecular formula is C23H22F2N2O3. The van der Waals surface area contributed by atoms with Crippen LogP contribution in [0.3, 0.4) is 0 Å². The summed E-state index contributed by atoms with van der Waals surface area (Å²) in [5, 5.41) is 16.6. The van der Waals surface area contributed by atoms with Crippen molar-refractivity contribution >= 4 is 17.9 Å². The molecule has 1 aliphatic heterocycles. The van der Waals surface area contributed by atoms with Crippen LogP contribution in [0.4, 0.5) is 8.78 Å². The third-order valence-corrected chi connectivity index (χ3v) is 5.35. The molecule has 0 spiro atoms. The molecule has 30 heavy (non-hydrogen) atoms. The second-order valence-electron chi connectivity index (χ2n) is 7.23. The third kappa shape index (κ3) is 4.79. The molecule has 2 N–H and O–H groups in total. The predicted molar refractivity (Wildman–Crippen MR) is 108 cm³/mol. The van der Waals surface area contributed by atoms with Crippen LogP contribution in [0.2, 0.25) is 0 Å².